The third-order valence-electron chi connectivity index (χ3n) is 4.86. The van der Waals surface area contributed by atoms with Crippen LogP contribution < -0.4 is 5.73 Å². The van der Waals surface area contributed by atoms with Gasteiger partial charge in [0.05, 0.1) is 0 Å². The molecule has 1 unspecified atom stereocenters. The van der Waals surface area contributed by atoms with E-state index >= 15 is 0 Å². The minimum absolute atomic E-state index is 0.145. The number of benzene rings is 1. The normalized spacial score (nSPS) is 19.1. The van der Waals surface area contributed by atoms with Gasteiger partial charge in [0, 0.05) is 18.6 Å². The number of rotatable bonds is 5. The van der Waals surface area contributed by atoms with Crippen molar-refractivity contribution < 1.29 is 4.39 Å². The molecule has 0 aromatic heterocycles. The summed E-state index contributed by atoms with van der Waals surface area (Å²) in [6, 6.07) is 6.09. The van der Waals surface area contributed by atoms with Gasteiger partial charge in [0.15, 0.2) is 0 Å². The summed E-state index contributed by atoms with van der Waals surface area (Å²) in [6.07, 6.45) is 2.36. The molecule has 0 amide bonds. The van der Waals surface area contributed by atoms with Gasteiger partial charge >= 0.3 is 0 Å². The minimum Gasteiger partial charge on any atom is -0.329 e. The van der Waals surface area contributed by atoms with Gasteiger partial charge in [-0.2, -0.15) is 0 Å². The Morgan fingerprint density at radius 2 is 2.05 bits per heavy atom. The number of nitrogens with two attached hydrogens (primary N) is 1. The molecule has 0 aliphatic carbocycles. The lowest BCUT2D eigenvalue weighted by Crippen LogP contribution is -2.45. The minimum atomic E-state index is -0.145. The molecule has 1 aliphatic heterocycles. The van der Waals surface area contributed by atoms with Gasteiger partial charge < -0.3 is 10.6 Å². The predicted octanol–water partition coefficient (Wildman–Crippen LogP) is 2.55. The number of nitrogens with zero attached hydrogens (tertiary/aromatic N) is 2. The summed E-state index contributed by atoms with van der Waals surface area (Å²) in [7, 11) is 2.16. The second kappa shape index (κ2) is 7.34. The molecule has 1 aliphatic rings. The van der Waals surface area contributed by atoms with Gasteiger partial charge in [-0.1, -0.05) is 19.1 Å². The Morgan fingerprint density at radius 3 is 2.57 bits per heavy atom. The van der Waals surface area contributed by atoms with Crippen molar-refractivity contribution in [1.29, 1.82) is 0 Å². The van der Waals surface area contributed by atoms with Crippen LogP contribution in [0.15, 0.2) is 18.2 Å². The van der Waals surface area contributed by atoms with E-state index in [1.54, 1.807) is 6.07 Å². The molecular formula is C17H28FN3. The van der Waals surface area contributed by atoms with Crippen LogP contribution in [0.4, 0.5) is 4.39 Å². The molecule has 2 N–H and O–H groups in total. The van der Waals surface area contributed by atoms with Gasteiger partial charge in [-0.05, 0) is 63.6 Å². The number of likely N-dealkylation sites (N-methyl/N-ethyl adjacent to an activating group) is 1. The van der Waals surface area contributed by atoms with E-state index in [1.165, 1.54) is 12.8 Å². The van der Waals surface area contributed by atoms with Crippen LogP contribution in [0.3, 0.4) is 0 Å². The lowest BCUT2D eigenvalue weighted by atomic mass is 9.97. The fraction of sp³-hybridized carbons (Fsp3) is 0.647. The molecule has 1 saturated heterocycles. The number of piperidine rings is 1. The average molecular weight is 293 g/mol. The van der Waals surface area contributed by atoms with Crippen molar-refractivity contribution in [2.24, 2.45) is 5.73 Å². The zero-order valence-electron chi connectivity index (χ0n) is 13.5. The Balaban J connectivity index is 2.08. The van der Waals surface area contributed by atoms with E-state index in [-0.39, 0.29) is 11.9 Å². The maximum atomic E-state index is 13.5. The first kappa shape index (κ1) is 16.4. The number of hydrogen-bond donors (Lipinski definition) is 1. The van der Waals surface area contributed by atoms with Crippen LogP contribution in [0.2, 0.25) is 0 Å². The van der Waals surface area contributed by atoms with Crippen molar-refractivity contribution in [2.75, 3.05) is 33.2 Å². The monoisotopic (exact) mass is 293 g/mol. The van der Waals surface area contributed by atoms with E-state index in [0.29, 0.717) is 18.2 Å². The molecular weight excluding hydrogens is 265 g/mol. The molecule has 1 aromatic carbocycles. The van der Waals surface area contributed by atoms with Crippen molar-refractivity contribution in [1.82, 2.24) is 9.80 Å². The molecule has 118 valence electrons. The van der Waals surface area contributed by atoms with Gasteiger partial charge in [0.2, 0.25) is 0 Å². The van der Waals surface area contributed by atoms with Crippen LogP contribution in [0.25, 0.3) is 0 Å². The van der Waals surface area contributed by atoms with Gasteiger partial charge in [0.25, 0.3) is 0 Å². The standard InChI is InChI=1S/C17H28FN3/c1-4-21-9-7-15(8-10-21)20(3)17(12-19)14-5-6-16(18)13(2)11-14/h5-6,11,15,17H,4,7-10,12,19H2,1-3H3. The highest BCUT2D eigenvalue weighted by atomic mass is 19.1. The summed E-state index contributed by atoms with van der Waals surface area (Å²) in [6.45, 7) is 8.04. The Kier molecular flexibility index (Phi) is 5.73. The van der Waals surface area contributed by atoms with E-state index in [2.05, 4.69) is 23.8 Å². The van der Waals surface area contributed by atoms with Crippen LogP contribution in [0.1, 0.15) is 36.9 Å². The average Bonchev–Trinajstić information content (AvgIpc) is 2.51. The van der Waals surface area contributed by atoms with Crippen LogP contribution in [-0.2, 0) is 0 Å². The maximum absolute atomic E-state index is 13.5. The van der Waals surface area contributed by atoms with Crippen molar-refractivity contribution >= 4 is 0 Å². The van der Waals surface area contributed by atoms with E-state index in [1.807, 2.05) is 19.1 Å². The first-order chi connectivity index (χ1) is 10.1. The molecule has 0 saturated carbocycles. The molecule has 1 fully saturated rings. The molecule has 1 heterocycles. The highest BCUT2D eigenvalue weighted by Gasteiger charge is 2.26. The van der Waals surface area contributed by atoms with Gasteiger partial charge in [-0.15, -0.1) is 0 Å². The molecule has 0 spiro atoms. The third-order valence-corrected chi connectivity index (χ3v) is 4.86. The predicted molar refractivity (Wildman–Crippen MR) is 85.8 cm³/mol. The third kappa shape index (κ3) is 3.82. The summed E-state index contributed by atoms with van der Waals surface area (Å²) in [5.74, 6) is -0.145. The zero-order valence-corrected chi connectivity index (χ0v) is 13.5. The first-order valence-electron chi connectivity index (χ1n) is 7.97. The van der Waals surface area contributed by atoms with Crippen molar-refractivity contribution in [2.45, 2.75) is 38.8 Å². The second-order valence-electron chi connectivity index (χ2n) is 6.09. The highest BCUT2D eigenvalue weighted by molar-refractivity contribution is 5.27. The summed E-state index contributed by atoms with van der Waals surface area (Å²) in [5, 5.41) is 0. The number of aryl methyl sites for hydroxylation is 1. The van der Waals surface area contributed by atoms with E-state index in [4.69, 9.17) is 5.73 Å². The first-order valence-corrected chi connectivity index (χ1v) is 7.97. The molecule has 1 atom stereocenters. The topological polar surface area (TPSA) is 32.5 Å². The van der Waals surface area contributed by atoms with Crippen LogP contribution in [0.5, 0.6) is 0 Å². The van der Waals surface area contributed by atoms with E-state index in [9.17, 15) is 4.39 Å². The maximum Gasteiger partial charge on any atom is 0.126 e. The molecule has 1 aromatic rings. The zero-order chi connectivity index (χ0) is 15.4. The molecule has 2 rings (SSSR count). The van der Waals surface area contributed by atoms with Crippen molar-refractivity contribution in [3.8, 4) is 0 Å². The molecule has 0 radical (unpaired) electrons. The summed E-state index contributed by atoms with van der Waals surface area (Å²) in [5.41, 5.74) is 7.82. The fourth-order valence-electron chi connectivity index (χ4n) is 3.31. The number of likely N-dealkylation sites (tertiary alicyclic amines) is 1. The lowest BCUT2D eigenvalue weighted by Gasteiger charge is -2.40. The fourth-order valence-corrected chi connectivity index (χ4v) is 3.31. The van der Waals surface area contributed by atoms with Gasteiger partial charge in [-0.25, -0.2) is 4.39 Å². The van der Waals surface area contributed by atoms with Crippen molar-refractivity contribution in [3.05, 3.63) is 35.1 Å². The van der Waals surface area contributed by atoms with E-state index in [0.717, 1.165) is 25.2 Å². The van der Waals surface area contributed by atoms with Crippen LogP contribution in [-0.4, -0.2) is 49.1 Å². The summed E-state index contributed by atoms with van der Waals surface area (Å²) < 4.78 is 13.5. The Morgan fingerprint density at radius 1 is 1.38 bits per heavy atom. The van der Waals surface area contributed by atoms with Gasteiger partial charge in [0.1, 0.15) is 5.82 Å². The number of hydrogen-bond acceptors (Lipinski definition) is 3. The highest BCUT2D eigenvalue weighted by Crippen LogP contribution is 2.26. The van der Waals surface area contributed by atoms with Crippen LogP contribution in [0, 0.1) is 12.7 Å². The summed E-state index contributed by atoms with van der Waals surface area (Å²) >= 11 is 0. The molecule has 4 heteroatoms. The lowest BCUT2D eigenvalue weighted by molar-refractivity contribution is 0.101. The smallest absolute Gasteiger partial charge is 0.126 e. The molecule has 21 heavy (non-hydrogen) atoms. The largest absolute Gasteiger partial charge is 0.329 e. The van der Waals surface area contributed by atoms with Crippen molar-refractivity contribution in [3.63, 3.8) is 0 Å². The molecule has 3 nitrogen and oxygen atoms in total. The summed E-state index contributed by atoms with van der Waals surface area (Å²) in [4.78, 5) is 4.88. The van der Waals surface area contributed by atoms with Crippen LogP contribution >= 0.6 is 0 Å². The Labute approximate surface area is 127 Å². The second-order valence-corrected chi connectivity index (χ2v) is 6.09. The quantitative estimate of drug-likeness (QED) is 0.905. The SMILES string of the molecule is CCN1CCC(N(C)C(CN)c2ccc(F)c(C)c2)CC1. The molecule has 0 bridgehead atoms. The Bertz CT molecular complexity index is 455. The number of halogens is 1. The van der Waals surface area contributed by atoms with E-state index < -0.39 is 0 Å². The Hall–Kier alpha value is -0.970. The van der Waals surface area contributed by atoms with Gasteiger partial charge in [-0.3, -0.25) is 4.90 Å².